The molecule has 1 N–H and O–H groups in total. The maximum atomic E-state index is 11.7. The van der Waals surface area contributed by atoms with Gasteiger partial charge in [-0.05, 0) is 13.8 Å². The molecule has 17 heavy (non-hydrogen) atoms. The number of nitrogens with one attached hydrogen (secondary N) is 1. The van der Waals surface area contributed by atoms with Crippen molar-refractivity contribution in [1.82, 2.24) is 10.3 Å². The third-order valence-corrected chi connectivity index (χ3v) is 1.99. The fourth-order valence-electron chi connectivity index (χ4n) is 1.31. The van der Waals surface area contributed by atoms with Crippen LogP contribution in [0.3, 0.4) is 0 Å². The van der Waals surface area contributed by atoms with Crippen LogP contribution in [0.5, 0.6) is 0 Å². The molecule has 0 aliphatic carbocycles. The molecule has 1 rings (SSSR count). The number of ether oxygens (including phenoxy) is 1. The molecule has 0 atom stereocenters. The summed E-state index contributed by atoms with van der Waals surface area (Å²) in [5.41, 5.74) is 1.56. The Morgan fingerprint density at radius 3 is 2.76 bits per heavy atom. The van der Waals surface area contributed by atoms with Crippen molar-refractivity contribution in [2.75, 3.05) is 19.8 Å². The Morgan fingerprint density at radius 2 is 2.24 bits per heavy atom. The zero-order chi connectivity index (χ0) is 12.8. The molecule has 0 fully saturated rings. The highest BCUT2D eigenvalue weighted by molar-refractivity contribution is 5.92. The third-order valence-electron chi connectivity index (χ3n) is 1.99. The van der Waals surface area contributed by atoms with E-state index in [4.69, 9.17) is 9.15 Å². The van der Waals surface area contributed by atoms with Gasteiger partial charge in [0.25, 0.3) is 5.91 Å². The van der Waals surface area contributed by atoms with Crippen LogP contribution in [-0.4, -0.2) is 30.6 Å². The quantitative estimate of drug-likeness (QED) is 0.604. The summed E-state index contributed by atoms with van der Waals surface area (Å²) in [6.07, 6.45) is 0. The van der Waals surface area contributed by atoms with Crippen molar-refractivity contribution < 1.29 is 13.9 Å². The Balaban J connectivity index is 2.30. The number of rotatable bonds is 6. The van der Waals surface area contributed by atoms with E-state index in [1.165, 1.54) is 0 Å². The van der Waals surface area contributed by atoms with Crippen LogP contribution >= 0.6 is 0 Å². The Hall–Kier alpha value is -1.62. The first kappa shape index (κ1) is 13.4. The van der Waals surface area contributed by atoms with Crippen molar-refractivity contribution in [3.8, 4) is 0 Å². The molecule has 5 heteroatoms. The zero-order valence-corrected chi connectivity index (χ0v) is 10.5. The van der Waals surface area contributed by atoms with E-state index in [0.717, 1.165) is 5.57 Å². The van der Waals surface area contributed by atoms with E-state index in [-0.39, 0.29) is 11.7 Å². The van der Waals surface area contributed by atoms with Crippen molar-refractivity contribution in [3.05, 3.63) is 29.5 Å². The van der Waals surface area contributed by atoms with Gasteiger partial charge in [-0.3, -0.25) is 4.79 Å². The maximum absolute atomic E-state index is 11.7. The molecule has 0 aliphatic heterocycles. The SMILES string of the molecule is C=C(C)COCCNC(=O)c1oc(C)nc1C. The van der Waals surface area contributed by atoms with Crippen molar-refractivity contribution in [3.63, 3.8) is 0 Å². The predicted octanol–water partition coefficient (Wildman–Crippen LogP) is 1.61. The molecule has 1 heterocycles. The molecule has 1 amide bonds. The zero-order valence-electron chi connectivity index (χ0n) is 10.5. The Bertz CT molecular complexity index is 410. The van der Waals surface area contributed by atoms with E-state index in [2.05, 4.69) is 16.9 Å². The molecule has 94 valence electrons. The first-order valence-corrected chi connectivity index (χ1v) is 5.45. The highest BCUT2D eigenvalue weighted by Crippen LogP contribution is 2.08. The summed E-state index contributed by atoms with van der Waals surface area (Å²) in [6.45, 7) is 10.4. The summed E-state index contributed by atoms with van der Waals surface area (Å²) < 4.78 is 10.4. The molecule has 0 saturated heterocycles. The van der Waals surface area contributed by atoms with E-state index in [9.17, 15) is 4.79 Å². The van der Waals surface area contributed by atoms with E-state index in [0.29, 0.717) is 31.3 Å². The summed E-state index contributed by atoms with van der Waals surface area (Å²) in [5.74, 6) is 0.496. The van der Waals surface area contributed by atoms with Crippen LogP contribution in [0.2, 0.25) is 0 Å². The van der Waals surface area contributed by atoms with E-state index in [1.54, 1.807) is 13.8 Å². The van der Waals surface area contributed by atoms with Crippen molar-refractivity contribution >= 4 is 5.91 Å². The minimum atomic E-state index is -0.262. The summed E-state index contributed by atoms with van der Waals surface area (Å²) in [4.78, 5) is 15.7. The van der Waals surface area contributed by atoms with Gasteiger partial charge in [0.1, 0.15) is 0 Å². The number of hydrogen-bond donors (Lipinski definition) is 1. The molecule has 0 aliphatic rings. The van der Waals surface area contributed by atoms with Crippen LogP contribution in [0.1, 0.15) is 29.1 Å². The fraction of sp³-hybridized carbons (Fsp3) is 0.500. The number of nitrogens with zero attached hydrogens (tertiary/aromatic N) is 1. The lowest BCUT2D eigenvalue weighted by Gasteiger charge is -2.05. The van der Waals surface area contributed by atoms with Gasteiger partial charge in [0.2, 0.25) is 5.76 Å². The van der Waals surface area contributed by atoms with Gasteiger partial charge in [0, 0.05) is 13.5 Å². The lowest BCUT2D eigenvalue weighted by molar-refractivity contribution is 0.0897. The normalized spacial score (nSPS) is 10.3. The molecule has 0 radical (unpaired) electrons. The van der Waals surface area contributed by atoms with Gasteiger partial charge < -0.3 is 14.5 Å². The van der Waals surface area contributed by atoms with Gasteiger partial charge in [-0.15, -0.1) is 0 Å². The molecule has 0 bridgehead atoms. The van der Waals surface area contributed by atoms with Crippen molar-refractivity contribution in [2.45, 2.75) is 20.8 Å². The average Bonchev–Trinajstić information content (AvgIpc) is 2.56. The molecule has 1 aromatic heterocycles. The largest absolute Gasteiger partial charge is 0.436 e. The summed E-state index contributed by atoms with van der Waals surface area (Å²) in [7, 11) is 0. The minimum Gasteiger partial charge on any atom is -0.436 e. The second kappa shape index (κ2) is 6.20. The Labute approximate surface area is 101 Å². The van der Waals surface area contributed by atoms with Crippen molar-refractivity contribution in [2.24, 2.45) is 0 Å². The van der Waals surface area contributed by atoms with E-state index >= 15 is 0 Å². The molecule has 0 aromatic carbocycles. The monoisotopic (exact) mass is 238 g/mol. The van der Waals surface area contributed by atoms with Gasteiger partial charge in [-0.2, -0.15) is 0 Å². The van der Waals surface area contributed by atoms with E-state index < -0.39 is 0 Å². The van der Waals surface area contributed by atoms with Crippen LogP contribution in [0, 0.1) is 13.8 Å². The maximum Gasteiger partial charge on any atom is 0.289 e. The number of aromatic nitrogens is 1. The number of carbonyl (C=O) groups is 1. The number of oxazole rings is 1. The van der Waals surface area contributed by atoms with Gasteiger partial charge in [0.15, 0.2) is 5.89 Å². The lowest BCUT2D eigenvalue weighted by Crippen LogP contribution is -2.27. The van der Waals surface area contributed by atoms with Crippen LogP contribution in [-0.2, 0) is 4.74 Å². The number of hydrogen-bond acceptors (Lipinski definition) is 4. The second-order valence-electron chi connectivity index (χ2n) is 3.91. The lowest BCUT2D eigenvalue weighted by atomic mass is 10.3. The topological polar surface area (TPSA) is 64.4 Å². The second-order valence-corrected chi connectivity index (χ2v) is 3.91. The van der Waals surface area contributed by atoms with Gasteiger partial charge in [-0.25, -0.2) is 4.98 Å². The smallest absolute Gasteiger partial charge is 0.289 e. The van der Waals surface area contributed by atoms with Crippen LogP contribution in [0.4, 0.5) is 0 Å². The van der Waals surface area contributed by atoms with Gasteiger partial charge in [0.05, 0.1) is 18.9 Å². The van der Waals surface area contributed by atoms with Crippen LogP contribution < -0.4 is 5.32 Å². The third kappa shape index (κ3) is 4.40. The first-order valence-electron chi connectivity index (χ1n) is 5.45. The number of carbonyl (C=O) groups excluding carboxylic acids is 1. The molecule has 0 spiro atoms. The molecular weight excluding hydrogens is 220 g/mol. The van der Waals surface area contributed by atoms with E-state index in [1.807, 2.05) is 6.92 Å². The number of aryl methyl sites for hydroxylation is 2. The molecule has 5 nitrogen and oxygen atoms in total. The Kier molecular flexibility index (Phi) is 4.90. The molecule has 1 aromatic rings. The first-order chi connectivity index (χ1) is 8.00. The summed E-state index contributed by atoms with van der Waals surface area (Å²) in [6, 6.07) is 0. The minimum absolute atomic E-state index is 0.262. The summed E-state index contributed by atoms with van der Waals surface area (Å²) in [5, 5.41) is 2.70. The fourth-order valence-corrected chi connectivity index (χ4v) is 1.31. The van der Waals surface area contributed by atoms with Crippen LogP contribution in [0.25, 0.3) is 0 Å². The summed E-state index contributed by atoms with van der Waals surface area (Å²) >= 11 is 0. The predicted molar refractivity (Wildman–Crippen MR) is 63.9 cm³/mol. The molecule has 0 saturated carbocycles. The standard InChI is InChI=1S/C12H18N2O3/c1-8(2)7-16-6-5-13-12(15)11-9(3)14-10(4)17-11/h1,5-7H2,2-4H3,(H,13,15). The average molecular weight is 238 g/mol. The van der Waals surface area contributed by atoms with Crippen molar-refractivity contribution in [1.29, 1.82) is 0 Å². The van der Waals surface area contributed by atoms with Gasteiger partial charge in [-0.1, -0.05) is 12.2 Å². The molecular formula is C12H18N2O3. The van der Waals surface area contributed by atoms with Gasteiger partial charge >= 0.3 is 0 Å². The number of amides is 1. The highest BCUT2D eigenvalue weighted by atomic mass is 16.5. The molecule has 0 unspecified atom stereocenters. The van der Waals surface area contributed by atoms with Crippen LogP contribution in [0.15, 0.2) is 16.6 Å². The Morgan fingerprint density at radius 1 is 1.53 bits per heavy atom. The highest BCUT2D eigenvalue weighted by Gasteiger charge is 2.14.